The molecule has 0 atom stereocenters. The Bertz CT molecular complexity index is 1530. The minimum Gasteiger partial charge on any atom is -0.473 e. The van der Waals surface area contributed by atoms with Gasteiger partial charge < -0.3 is 30.2 Å². The minimum atomic E-state index is -1.82. The molecule has 1 fully saturated rings. The Morgan fingerprint density at radius 1 is 1.00 bits per heavy atom. The van der Waals surface area contributed by atoms with E-state index in [0.29, 0.717) is 11.1 Å². The maximum Gasteiger partial charge on any atom is 0.414 e. The zero-order chi connectivity index (χ0) is 27.9. The molecule has 39 heavy (non-hydrogen) atoms. The van der Waals surface area contributed by atoms with Crippen LogP contribution in [0.2, 0.25) is 0 Å². The third-order valence-electron chi connectivity index (χ3n) is 6.73. The van der Waals surface area contributed by atoms with Gasteiger partial charge in [-0.05, 0) is 73.8 Å². The Morgan fingerprint density at radius 2 is 1.74 bits per heavy atom. The van der Waals surface area contributed by atoms with Crippen molar-refractivity contribution < 1.29 is 29.0 Å². The highest BCUT2D eigenvalue weighted by molar-refractivity contribution is 6.27. The summed E-state index contributed by atoms with van der Waals surface area (Å²) in [5.41, 5.74) is 10.3. The number of furan rings is 1. The first-order chi connectivity index (χ1) is 18.7. The van der Waals surface area contributed by atoms with Crippen molar-refractivity contribution in [1.82, 2.24) is 9.88 Å². The molecule has 0 aliphatic carbocycles. The van der Waals surface area contributed by atoms with Crippen LogP contribution >= 0.6 is 0 Å². The molecule has 1 aliphatic rings. The van der Waals surface area contributed by atoms with Crippen LogP contribution in [-0.4, -0.2) is 70.7 Å². The summed E-state index contributed by atoms with van der Waals surface area (Å²) in [6, 6.07) is 15.8. The molecule has 11 heteroatoms. The lowest BCUT2D eigenvalue weighted by Gasteiger charge is -2.36. The van der Waals surface area contributed by atoms with Crippen LogP contribution in [0.15, 0.2) is 53.1 Å². The number of fused-ring (bicyclic) bond motifs is 2. The summed E-state index contributed by atoms with van der Waals surface area (Å²) in [5, 5.41) is 26.0. The van der Waals surface area contributed by atoms with Crippen LogP contribution in [0, 0.1) is 11.3 Å². The van der Waals surface area contributed by atoms with Crippen molar-refractivity contribution >= 4 is 45.4 Å². The lowest BCUT2D eigenvalue weighted by atomic mass is 10.1. The molecular formula is C28H29N5O6. The molecule has 0 unspecified atom stereocenters. The number of nitrogens with one attached hydrogen (secondary N) is 1. The number of amides is 1. The SMILES string of the molecule is N#Cc1ccc2[nH]cc(CCCCN3CCN(c4ccc5oc(C(N)=O)cc5c4)CC3)c2c1.O=C(O)C(=O)O. The number of nitrogens with two attached hydrogens (primary N) is 1. The number of nitrogens with zero attached hydrogens (tertiary/aromatic N) is 3. The molecule has 2 aromatic heterocycles. The van der Waals surface area contributed by atoms with E-state index in [9.17, 15) is 4.79 Å². The minimum absolute atomic E-state index is 0.199. The number of benzene rings is 2. The highest BCUT2D eigenvalue weighted by atomic mass is 16.4. The number of unbranched alkanes of at least 4 members (excludes halogenated alkanes) is 1. The molecule has 0 bridgehead atoms. The van der Waals surface area contributed by atoms with Crippen molar-refractivity contribution in [1.29, 1.82) is 5.26 Å². The highest BCUT2D eigenvalue weighted by Gasteiger charge is 2.18. The summed E-state index contributed by atoms with van der Waals surface area (Å²) in [4.78, 5) is 37.8. The summed E-state index contributed by atoms with van der Waals surface area (Å²) in [6.07, 6.45) is 5.38. The number of carboxylic acids is 2. The largest absolute Gasteiger partial charge is 0.473 e. The summed E-state index contributed by atoms with van der Waals surface area (Å²) >= 11 is 0. The van der Waals surface area contributed by atoms with E-state index in [-0.39, 0.29) is 5.76 Å². The number of piperazine rings is 1. The number of nitriles is 1. The van der Waals surface area contributed by atoms with Crippen molar-refractivity contribution in [3.63, 3.8) is 0 Å². The Morgan fingerprint density at radius 3 is 2.41 bits per heavy atom. The maximum atomic E-state index is 11.4. The second-order valence-electron chi connectivity index (χ2n) is 9.28. The van der Waals surface area contributed by atoms with Gasteiger partial charge in [0.2, 0.25) is 0 Å². The topological polar surface area (TPSA) is 177 Å². The van der Waals surface area contributed by atoms with E-state index in [1.807, 2.05) is 30.3 Å². The lowest BCUT2D eigenvalue weighted by molar-refractivity contribution is -0.159. The van der Waals surface area contributed by atoms with E-state index < -0.39 is 17.8 Å². The fourth-order valence-corrected chi connectivity index (χ4v) is 4.68. The number of aromatic amines is 1. The number of aromatic nitrogens is 1. The molecule has 1 amide bonds. The molecule has 11 nitrogen and oxygen atoms in total. The zero-order valence-corrected chi connectivity index (χ0v) is 21.2. The summed E-state index contributed by atoms with van der Waals surface area (Å²) in [6.45, 7) is 5.13. The molecule has 2 aromatic carbocycles. The van der Waals surface area contributed by atoms with Gasteiger partial charge in [-0.2, -0.15) is 5.26 Å². The van der Waals surface area contributed by atoms with E-state index in [0.717, 1.165) is 68.6 Å². The third-order valence-corrected chi connectivity index (χ3v) is 6.73. The summed E-state index contributed by atoms with van der Waals surface area (Å²) in [5.74, 6) is -3.99. The van der Waals surface area contributed by atoms with Crippen LogP contribution in [0.3, 0.4) is 0 Å². The Kier molecular flexibility index (Phi) is 8.48. The predicted molar refractivity (Wildman–Crippen MR) is 145 cm³/mol. The molecule has 0 spiro atoms. The highest BCUT2D eigenvalue weighted by Crippen LogP contribution is 2.26. The first-order valence-electron chi connectivity index (χ1n) is 12.5. The lowest BCUT2D eigenvalue weighted by Crippen LogP contribution is -2.46. The van der Waals surface area contributed by atoms with Crippen LogP contribution in [0.1, 0.15) is 34.5 Å². The van der Waals surface area contributed by atoms with Gasteiger partial charge >= 0.3 is 11.9 Å². The van der Waals surface area contributed by atoms with Crippen LogP contribution in [-0.2, 0) is 16.0 Å². The van der Waals surface area contributed by atoms with Gasteiger partial charge in [0.25, 0.3) is 5.91 Å². The molecule has 4 aromatic rings. The van der Waals surface area contributed by atoms with Gasteiger partial charge in [-0.1, -0.05) is 0 Å². The van der Waals surface area contributed by atoms with Gasteiger partial charge in [-0.15, -0.1) is 0 Å². The average molecular weight is 532 g/mol. The monoisotopic (exact) mass is 531 g/mol. The van der Waals surface area contributed by atoms with Gasteiger partial charge in [0.15, 0.2) is 5.76 Å². The molecule has 0 radical (unpaired) electrons. The van der Waals surface area contributed by atoms with E-state index in [2.05, 4.69) is 33.1 Å². The number of aliphatic carboxylic acids is 2. The van der Waals surface area contributed by atoms with Crippen molar-refractivity contribution in [2.75, 3.05) is 37.6 Å². The quantitative estimate of drug-likeness (QED) is 0.206. The van der Waals surface area contributed by atoms with Crippen LogP contribution in [0.4, 0.5) is 5.69 Å². The van der Waals surface area contributed by atoms with Crippen LogP contribution in [0.5, 0.6) is 0 Å². The first kappa shape index (κ1) is 27.2. The number of hydrogen-bond acceptors (Lipinski definition) is 7. The Labute approximate surface area is 224 Å². The van der Waals surface area contributed by atoms with Crippen LogP contribution < -0.4 is 10.6 Å². The first-order valence-corrected chi connectivity index (χ1v) is 12.5. The molecule has 202 valence electrons. The van der Waals surface area contributed by atoms with Gasteiger partial charge in [0.1, 0.15) is 5.58 Å². The third kappa shape index (κ3) is 6.74. The fourth-order valence-electron chi connectivity index (χ4n) is 4.68. The number of anilines is 1. The normalized spacial score (nSPS) is 13.6. The Hall–Kier alpha value is -4.82. The molecule has 5 rings (SSSR count). The average Bonchev–Trinajstić information content (AvgIpc) is 3.55. The predicted octanol–water partition coefficient (Wildman–Crippen LogP) is 3.19. The van der Waals surface area contributed by atoms with Crippen molar-refractivity contribution in [2.45, 2.75) is 19.3 Å². The number of H-pyrrole nitrogens is 1. The fraction of sp³-hybridized carbons (Fsp3) is 0.286. The maximum absolute atomic E-state index is 11.4. The second-order valence-corrected chi connectivity index (χ2v) is 9.28. The Balaban J connectivity index is 0.000000531. The van der Waals surface area contributed by atoms with Gasteiger partial charge in [0, 0.05) is 54.4 Å². The molecule has 3 heterocycles. The number of hydrogen-bond donors (Lipinski definition) is 4. The number of aryl methyl sites for hydroxylation is 1. The van der Waals surface area contributed by atoms with E-state index in [4.69, 9.17) is 35.2 Å². The molecule has 1 aliphatic heterocycles. The molecule has 0 saturated carbocycles. The number of primary amides is 1. The van der Waals surface area contributed by atoms with E-state index in [1.165, 1.54) is 10.9 Å². The molecule has 5 N–H and O–H groups in total. The number of carboxylic acid groups (broad SMARTS) is 2. The zero-order valence-electron chi connectivity index (χ0n) is 21.2. The number of carbonyl (C=O) groups is 3. The molecular weight excluding hydrogens is 502 g/mol. The van der Waals surface area contributed by atoms with E-state index >= 15 is 0 Å². The number of rotatable bonds is 7. The number of carbonyl (C=O) groups excluding carboxylic acids is 1. The van der Waals surface area contributed by atoms with Gasteiger partial charge in [-0.3, -0.25) is 9.69 Å². The van der Waals surface area contributed by atoms with E-state index in [1.54, 1.807) is 6.07 Å². The molecule has 1 saturated heterocycles. The smallest absolute Gasteiger partial charge is 0.414 e. The van der Waals surface area contributed by atoms with Crippen molar-refractivity contribution in [3.05, 3.63) is 65.5 Å². The van der Waals surface area contributed by atoms with Crippen molar-refractivity contribution in [2.24, 2.45) is 5.73 Å². The summed E-state index contributed by atoms with van der Waals surface area (Å²) in [7, 11) is 0. The van der Waals surface area contributed by atoms with Crippen LogP contribution in [0.25, 0.3) is 21.9 Å². The second kappa shape index (κ2) is 12.1. The van der Waals surface area contributed by atoms with Gasteiger partial charge in [0.05, 0.1) is 11.6 Å². The van der Waals surface area contributed by atoms with Gasteiger partial charge in [-0.25, -0.2) is 9.59 Å². The summed E-state index contributed by atoms with van der Waals surface area (Å²) < 4.78 is 5.49. The van der Waals surface area contributed by atoms with Crippen molar-refractivity contribution in [3.8, 4) is 6.07 Å². The standard InChI is InChI=1S/C26H27N5O2.C2H2O4/c27-16-18-4-6-23-22(13-18)19(17-29-23)3-1-2-8-30-9-11-31(12-10-30)21-5-7-24-20(14-21)15-25(33-24)26(28)32;3-1(4)2(5)6/h4-7,13-15,17,29H,1-3,8-12H2,(H2,28,32);(H,3,4)(H,5,6).